The molecular formula is C29H32F5N9O2. The fourth-order valence-corrected chi connectivity index (χ4v) is 5.20. The average Bonchev–Trinajstić information content (AvgIpc) is 3.59. The summed E-state index contributed by atoms with van der Waals surface area (Å²) in [6, 6.07) is 5.19. The van der Waals surface area contributed by atoms with Crippen molar-refractivity contribution >= 4 is 29.0 Å². The number of anilines is 2. The molecule has 1 saturated carbocycles. The summed E-state index contributed by atoms with van der Waals surface area (Å²) in [5.41, 5.74) is 5.98. The van der Waals surface area contributed by atoms with Gasteiger partial charge in [-0.3, -0.25) is 18.7 Å². The van der Waals surface area contributed by atoms with Gasteiger partial charge in [0.05, 0.1) is 17.5 Å². The van der Waals surface area contributed by atoms with Crippen LogP contribution < -0.4 is 21.7 Å². The molecule has 0 atom stereocenters. The average molecular weight is 634 g/mol. The van der Waals surface area contributed by atoms with Crippen LogP contribution in [-0.2, 0) is 23.9 Å². The molecule has 0 aliphatic heterocycles. The molecule has 240 valence electrons. The fourth-order valence-electron chi connectivity index (χ4n) is 5.20. The van der Waals surface area contributed by atoms with E-state index in [0.29, 0.717) is 54.7 Å². The van der Waals surface area contributed by atoms with Crippen molar-refractivity contribution < 1.29 is 31.5 Å². The lowest BCUT2D eigenvalue weighted by molar-refractivity contribution is -0.141. The van der Waals surface area contributed by atoms with Gasteiger partial charge in [0, 0.05) is 54.9 Å². The van der Waals surface area contributed by atoms with Crippen LogP contribution in [0.15, 0.2) is 43.0 Å². The summed E-state index contributed by atoms with van der Waals surface area (Å²) in [5, 5.41) is 12.2. The van der Waals surface area contributed by atoms with E-state index in [1.807, 2.05) is 6.92 Å². The van der Waals surface area contributed by atoms with E-state index < -0.39 is 30.4 Å². The monoisotopic (exact) mass is 633 g/mol. The van der Waals surface area contributed by atoms with Crippen molar-refractivity contribution in [2.45, 2.75) is 57.8 Å². The first kappa shape index (κ1) is 31.8. The van der Waals surface area contributed by atoms with E-state index in [-0.39, 0.29) is 40.9 Å². The summed E-state index contributed by atoms with van der Waals surface area (Å²) in [6.45, 7) is 1.72. The number of fused-ring (bicyclic) bond motifs is 1. The summed E-state index contributed by atoms with van der Waals surface area (Å²) in [6.07, 6.45) is -0.386. The maximum atomic E-state index is 13.7. The molecule has 5 N–H and O–H groups in total. The molecule has 0 unspecified atom stereocenters. The smallest absolute Gasteiger partial charge is 0.356 e. The molecule has 0 bridgehead atoms. The van der Waals surface area contributed by atoms with Crippen LogP contribution in [0.25, 0.3) is 16.9 Å². The summed E-state index contributed by atoms with van der Waals surface area (Å²) in [7, 11) is 0. The number of nitrogens with zero attached hydrogens (tertiary/aromatic N) is 5. The Morgan fingerprint density at radius 2 is 1.89 bits per heavy atom. The number of amides is 2. The van der Waals surface area contributed by atoms with Crippen molar-refractivity contribution in [2.75, 3.05) is 18.4 Å². The second kappa shape index (κ2) is 13.2. The molecule has 1 aliphatic rings. The van der Waals surface area contributed by atoms with Crippen LogP contribution in [0.1, 0.15) is 47.8 Å². The first-order valence-electron chi connectivity index (χ1n) is 14.4. The summed E-state index contributed by atoms with van der Waals surface area (Å²) in [4.78, 5) is 33.4. The van der Waals surface area contributed by atoms with Gasteiger partial charge in [-0.1, -0.05) is 6.92 Å². The first-order chi connectivity index (χ1) is 21.4. The standard InChI is InChI=1S/C29H32F5N9O2/c1-2-16-12-19(4-5-20(16)28(45)38-7-3-6-37-27(44)17-10-18(35)11-17)40-25-26-39-13-22(43(26)9-8-36-25)21-14-42(15-23(30)31)41-24(21)29(32,33)34/h4-5,8-9,12-14,17-18,23H,2-3,6-7,10-11,15,35H2,1H3,(H,36,40)(H,37,44)(H,38,45)/t17-,18+. The number of aryl methyl sites for hydroxylation is 1. The Bertz CT molecular complexity index is 1680. The van der Waals surface area contributed by atoms with Crippen LogP contribution in [0.5, 0.6) is 0 Å². The van der Waals surface area contributed by atoms with Crippen molar-refractivity contribution in [3.8, 4) is 11.3 Å². The lowest BCUT2D eigenvalue weighted by atomic mass is 9.80. The van der Waals surface area contributed by atoms with Crippen LogP contribution >= 0.6 is 0 Å². The largest absolute Gasteiger partial charge is 0.435 e. The number of imidazole rings is 1. The lowest BCUT2D eigenvalue weighted by Gasteiger charge is -2.31. The molecule has 0 spiro atoms. The number of benzene rings is 1. The number of aromatic nitrogens is 5. The second-order valence-corrected chi connectivity index (χ2v) is 10.8. The highest BCUT2D eigenvalue weighted by molar-refractivity contribution is 5.96. The number of carbonyl (C=O) groups is 2. The molecule has 4 aromatic rings. The van der Waals surface area contributed by atoms with Crippen molar-refractivity contribution in [1.29, 1.82) is 0 Å². The molecule has 2 amide bonds. The number of hydrogen-bond acceptors (Lipinski definition) is 7. The van der Waals surface area contributed by atoms with Gasteiger partial charge in [0.25, 0.3) is 12.3 Å². The van der Waals surface area contributed by atoms with E-state index in [1.54, 1.807) is 18.2 Å². The van der Waals surface area contributed by atoms with Gasteiger partial charge < -0.3 is 21.7 Å². The molecule has 11 nitrogen and oxygen atoms in total. The molecule has 16 heteroatoms. The predicted molar refractivity (Wildman–Crippen MR) is 155 cm³/mol. The molecule has 0 radical (unpaired) electrons. The van der Waals surface area contributed by atoms with Crippen molar-refractivity contribution in [3.05, 3.63) is 59.8 Å². The van der Waals surface area contributed by atoms with Gasteiger partial charge in [0.2, 0.25) is 5.91 Å². The highest BCUT2D eigenvalue weighted by Gasteiger charge is 2.38. The maximum Gasteiger partial charge on any atom is 0.435 e. The van der Waals surface area contributed by atoms with Gasteiger partial charge in [-0.15, -0.1) is 0 Å². The Labute approximate surface area is 254 Å². The van der Waals surface area contributed by atoms with Gasteiger partial charge in [0.15, 0.2) is 17.2 Å². The van der Waals surface area contributed by atoms with Crippen LogP contribution in [0, 0.1) is 5.92 Å². The minimum absolute atomic E-state index is 0.00337. The molecule has 3 aromatic heterocycles. The van der Waals surface area contributed by atoms with E-state index in [2.05, 4.69) is 31.0 Å². The van der Waals surface area contributed by atoms with Crippen molar-refractivity contribution in [1.82, 2.24) is 34.8 Å². The number of hydrogen-bond donors (Lipinski definition) is 4. The van der Waals surface area contributed by atoms with E-state index in [1.165, 1.54) is 23.0 Å². The molecule has 1 aromatic carbocycles. The molecule has 45 heavy (non-hydrogen) atoms. The number of alkyl halides is 5. The fraction of sp³-hybridized carbons (Fsp3) is 0.414. The van der Waals surface area contributed by atoms with Crippen LogP contribution in [0.3, 0.4) is 0 Å². The summed E-state index contributed by atoms with van der Waals surface area (Å²) < 4.78 is 68.9. The van der Waals surface area contributed by atoms with Gasteiger partial charge >= 0.3 is 6.18 Å². The van der Waals surface area contributed by atoms with E-state index >= 15 is 0 Å². The molecule has 3 heterocycles. The number of halogens is 5. The van der Waals surface area contributed by atoms with E-state index in [9.17, 15) is 31.5 Å². The van der Waals surface area contributed by atoms with Crippen LogP contribution in [-0.4, -0.2) is 61.5 Å². The van der Waals surface area contributed by atoms with Crippen molar-refractivity contribution in [3.63, 3.8) is 0 Å². The number of rotatable bonds is 12. The second-order valence-electron chi connectivity index (χ2n) is 10.8. The number of nitrogens with one attached hydrogen (secondary N) is 3. The zero-order valence-corrected chi connectivity index (χ0v) is 24.2. The van der Waals surface area contributed by atoms with Crippen LogP contribution in [0.4, 0.5) is 33.5 Å². The molecule has 5 rings (SSSR count). The topological polar surface area (TPSA) is 144 Å². The van der Waals surface area contributed by atoms with Gasteiger partial charge in [-0.25, -0.2) is 18.7 Å². The first-order valence-corrected chi connectivity index (χ1v) is 14.4. The minimum Gasteiger partial charge on any atom is -0.356 e. The Hall–Kier alpha value is -4.60. The quantitative estimate of drug-likeness (QED) is 0.136. The highest BCUT2D eigenvalue weighted by atomic mass is 19.4. The molecular weight excluding hydrogens is 601 g/mol. The van der Waals surface area contributed by atoms with Gasteiger partial charge in [-0.2, -0.15) is 18.3 Å². The highest BCUT2D eigenvalue weighted by Crippen LogP contribution is 2.37. The Morgan fingerprint density at radius 1 is 1.13 bits per heavy atom. The van der Waals surface area contributed by atoms with Crippen LogP contribution in [0.2, 0.25) is 0 Å². The third-order valence-electron chi connectivity index (χ3n) is 7.54. The molecule has 1 fully saturated rings. The van der Waals surface area contributed by atoms with E-state index in [0.717, 1.165) is 11.8 Å². The number of carbonyl (C=O) groups excluding carboxylic acids is 2. The third-order valence-corrected chi connectivity index (χ3v) is 7.54. The van der Waals surface area contributed by atoms with Crippen molar-refractivity contribution in [2.24, 2.45) is 11.7 Å². The SMILES string of the molecule is CCc1cc(Nc2nccn3c(-c4cn(CC(F)F)nc4C(F)(F)F)cnc23)ccc1C(=O)NCCCNC(=O)[C@H]1C[C@@H](N)C1. The lowest BCUT2D eigenvalue weighted by Crippen LogP contribution is -2.45. The normalized spacial score (nSPS) is 16.5. The molecule has 1 aliphatic carbocycles. The molecule has 0 saturated heterocycles. The minimum atomic E-state index is -4.88. The zero-order valence-electron chi connectivity index (χ0n) is 24.2. The summed E-state index contributed by atoms with van der Waals surface area (Å²) >= 11 is 0. The Kier molecular flexibility index (Phi) is 9.32. The summed E-state index contributed by atoms with van der Waals surface area (Å²) in [5.74, 6) is -0.0785. The Morgan fingerprint density at radius 3 is 2.58 bits per heavy atom. The zero-order chi connectivity index (χ0) is 32.3. The van der Waals surface area contributed by atoms with Gasteiger partial charge in [-0.05, 0) is 49.4 Å². The third kappa shape index (κ3) is 7.21. The number of nitrogens with two attached hydrogens (primary N) is 1. The predicted octanol–water partition coefficient (Wildman–Crippen LogP) is 4.16. The van der Waals surface area contributed by atoms with Gasteiger partial charge in [0.1, 0.15) is 6.54 Å². The maximum absolute atomic E-state index is 13.7. The Balaban J connectivity index is 1.27. The van der Waals surface area contributed by atoms with E-state index in [4.69, 9.17) is 5.73 Å².